The van der Waals surface area contributed by atoms with Gasteiger partial charge in [0.05, 0.1) is 16.8 Å². The van der Waals surface area contributed by atoms with Crippen molar-refractivity contribution in [3.8, 4) is 0 Å². The Morgan fingerprint density at radius 2 is 1.15 bits per heavy atom. The van der Waals surface area contributed by atoms with Gasteiger partial charge in [-0.2, -0.15) is 0 Å². The predicted molar refractivity (Wildman–Crippen MR) is 36.9 cm³/mol. The van der Waals surface area contributed by atoms with Crippen molar-refractivity contribution >= 4 is 0 Å². The van der Waals surface area contributed by atoms with Crippen molar-refractivity contribution in [3.05, 3.63) is 30.6 Å². The SMILES string of the molecule is NCCO.O=[N+]([O-])[O-].O=[N+]([O-])[O-].[Cu+2]. The number of aliphatic hydroxyl groups excluding tert-OH is 1. The van der Waals surface area contributed by atoms with Crippen LogP contribution in [0.15, 0.2) is 0 Å². The topological polar surface area (TPSA) is 179 Å². The van der Waals surface area contributed by atoms with Crippen LogP contribution in [-0.4, -0.2) is 28.4 Å². The Morgan fingerprint density at radius 3 is 1.15 bits per heavy atom. The van der Waals surface area contributed by atoms with Crippen LogP contribution >= 0.6 is 0 Å². The van der Waals surface area contributed by atoms with Crippen LogP contribution in [0.1, 0.15) is 0 Å². The van der Waals surface area contributed by atoms with Crippen LogP contribution in [0.4, 0.5) is 0 Å². The molecule has 0 saturated carbocycles. The van der Waals surface area contributed by atoms with Gasteiger partial charge in [0.25, 0.3) is 0 Å². The fourth-order valence-electron chi connectivity index (χ4n) is 0. The van der Waals surface area contributed by atoms with Crippen molar-refractivity contribution < 1.29 is 32.3 Å². The third kappa shape index (κ3) is 32900. The Kier molecular flexibility index (Phi) is 39.1. The molecule has 0 spiro atoms. The van der Waals surface area contributed by atoms with Crippen LogP contribution < -0.4 is 5.73 Å². The molecule has 83 valence electrons. The normalized spacial score (nSPS) is 6.00. The fraction of sp³-hybridized carbons (Fsp3) is 1.00. The average molecular weight is 249 g/mol. The molecule has 0 heterocycles. The van der Waals surface area contributed by atoms with Crippen LogP contribution in [0.5, 0.6) is 0 Å². The van der Waals surface area contributed by atoms with Crippen molar-refractivity contribution in [2.24, 2.45) is 5.73 Å². The van der Waals surface area contributed by atoms with Crippen molar-refractivity contribution in [2.45, 2.75) is 0 Å². The number of nitrogens with two attached hydrogens (primary N) is 1. The van der Waals surface area contributed by atoms with Gasteiger partial charge in [0, 0.05) is 6.54 Å². The Labute approximate surface area is 82.6 Å². The summed E-state index contributed by atoms with van der Waals surface area (Å²) in [6, 6.07) is 0. The quantitative estimate of drug-likeness (QED) is 0.318. The first-order chi connectivity index (χ1) is 5.38. The van der Waals surface area contributed by atoms with Gasteiger partial charge in [-0.1, -0.05) is 0 Å². The zero-order valence-corrected chi connectivity index (χ0v) is 7.03. The molecule has 0 saturated heterocycles. The molecule has 0 aliphatic rings. The second-order valence-electron chi connectivity index (χ2n) is 0.959. The van der Waals surface area contributed by atoms with Crippen LogP contribution in [0.2, 0.25) is 0 Å². The van der Waals surface area contributed by atoms with E-state index in [0.717, 1.165) is 0 Å². The van der Waals surface area contributed by atoms with Gasteiger partial charge in [-0.25, -0.2) is 0 Å². The molecule has 0 bridgehead atoms. The fourth-order valence-corrected chi connectivity index (χ4v) is 0. The summed E-state index contributed by atoms with van der Waals surface area (Å²) >= 11 is 0. The summed E-state index contributed by atoms with van der Waals surface area (Å²) in [6.45, 7) is 0.472. The van der Waals surface area contributed by atoms with E-state index in [9.17, 15) is 0 Å². The van der Waals surface area contributed by atoms with Gasteiger partial charge >= 0.3 is 17.1 Å². The second kappa shape index (κ2) is 22.4. The molecule has 0 fully saturated rings. The molecular formula is C2H7CuN3O7. The maximum atomic E-state index is 8.25. The van der Waals surface area contributed by atoms with E-state index in [1.54, 1.807) is 0 Å². The summed E-state index contributed by atoms with van der Waals surface area (Å²) in [5.41, 5.74) is 4.78. The third-order valence-electron chi connectivity index (χ3n) is 0.129. The third-order valence-corrected chi connectivity index (χ3v) is 0.129. The van der Waals surface area contributed by atoms with Crippen molar-refractivity contribution in [2.75, 3.05) is 13.2 Å². The zero-order chi connectivity index (χ0) is 10.6. The largest absolute Gasteiger partial charge is 2.00 e. The first kappa shape index (κ1) is 22.6. The van der Waals surface area contributed by atoms with Crippen LogP contribution in [0.3, 0.4) is 0 Å². The zero-order valence-electron chi connectivity index (χ0n) is 6.08. The standard InChI is InChI=1S/C2H7NO.Cu.2NO3/c3-1-2-4;;2*2-1(3)4/h4H,1-3H2;;;/q;+2;2*-1. The van der Waals surface area contributed by atoms with E-state index in [1.165, 1.54) is 0 Å². The van der Waals surface area contributed by atoms with Gasteiger partial charge in [-0.3, -0.25) is 0 Å². The van der Waals surface area contributed by atoms with Crippen molar-refractivity contribution in [1.29, 1.82) is 0 Å². The molecule has 0 unspecified atom stereocenters. The van der Waals surface area contributed by atoms with Gasteiger partial charge in [0.15, 0.2) is 0 Å². The summed E-state index contributed by atoms with van der Waals surface area (Å²) in [7, 11) is 0. The van der Waals surface area contributed by atoms with Gasteiger partial charge < -0.3 is 41.5 Å². The van der Waals surface area contributed by atoms with Crippen LogP contribution in [0.25, 0.3) is 0 Å². The minimum Gasteiger partial charge on any atom is -0.395 e. The number of rotatable bonds is 1. The molecule has 3 N–H and O–H groups in total. The Bertz CT molecular complexity index is 98.3. The second-order valence-corrected chi connectivity index (χ2v) is 0.959. The van der Waals surface area contributed by atoms with E-state index in [4.69, 9.17) is 41.5 Å². The number of hydrogen-bond donors (Lipinski definition) is 2. The molecule has 0 amide bonds. The van der Waals surface area contributed by atoms with E-state index >= 15 is 0 Å². The molecule has 0 aromatic carbocycles. The van der Waals surface area contributed by atoms with Gasteiger partial charge in [-0.15, -0.1) is 0 Å². The Balaban J connectivity index is -0.0000000450. The van der Waals surface area contributed by atoms with Crippen molar-refractivity contribution in [1.82, 2.24) is 0 Å². The summed E-state index contributed by atoms with van der Waals surface area (Å²) in [4.78, 5) is 16.5. The smallest absolute Gasteiger partial charge is 0.395 e. The summed E-state index contributed by atoms with van der Waals surface area (Å²) in [5.74, 6) is 0. The molecule has 1 radical (unpaired) electrons. The minimum atomic E-state index is -1.75. The number of nitrogens with zero attached hydrogens (tertiary/aromatic N) is 2. The summed E-state index contributed by atoms with van der Waals surface area (Å²) in [5, 5.41) is 37.2. The van der Waals surface area contributed by atoms with Gasteiger partial charge in [0.1, 0.15) is 0 Å². The summed E-state index contributed by atoms with van der Waals surface area (Å²) < 4.78 is 0. The van der Waals surface area contributed by atoms with Gasteiger partial charge in [-0.05, 0) is 0 Å². The number of aliphatic hydroxyl groups is 1. The number of hydrogen-bond acceptors (Lipinski definition) is 8. The molecule has 0 aromatic rings. The summed E-state index contributed by atoms with van der Waals surface area (Å²) in [6.07, 6.45) is 0. The first-order valence-corrected chi connectivity index (χ1v) is 2.32. The molecule has 13 heavy (non-hydrogen) atoms. The van der Waals surface area contributed by atoms with E-state index in [-0.39, 0.29) is 23.7 Å². The van der Waals surface area contributed by atoms with E-state index < -0.39 is 10.2 Å². The predicted octanol–water partition coefficient (Wildman–Crippen LogP) is -1.54. The molecule has 0 rings (SSSR count). The van der Waals surface area contributed by atoms with Crippen LogP contribution in [0, 0.1) is 30.6 Å². The molecule has 10 nitrogen and oxygen atoms in total. The molecule has 0 aromatic heterocycles. The van der Waals surface area contributed by atoms with E-state index in [0.29, 0.717) is 6.54 Å². The molecule has 0 aliphatic carbocycles. The monoisotopic (exact) mass is 248 g/mol. The van der Waals surface area contributed by atoms with Crippen LogP contribution in [-0.2, 0) is 17.1 Å². The Morgan fingerprint density at radius 1 is 1.08 bits per heavy atom. The Hall–Kier alpha value is -1.16. The van der Waals surface area contributed by atoms with E-state index in [2.05, 4.69) is 0 Å². The molecule has 11 heteroatoms. The molecule has 0 aliphatic heterocycles. The minimum absolute atomic E-state index is 0. The maximum Gasteiger partial charge on any atom is 2.00 e. The molecular weight excluding hydrogens is 242 g/mol. The van der Waals surface area contributed by atoms with E-state index in [1.807, 2.05) is 0 Å². The van der Waals surface area contributed by atoms with Crippen molar-refractivity contribution in [3.63, 3.8) is 0 Å². The molecule has 0 atom stereocenters. The average Bonchev–Trinajstić information content (AvgIpc) is 1.85. The maximum absolute atomic E-state index is 8.25. The first-order valence-electron chi connectivity index (χ1n) is 2.32. The van der Waals surface area contributed by atoms with Gasteiger partial charge in [0.2, 0.25) is 0 Å².